The largest absolute Gasteiger partial charge is 0.505 e. The van der Waals surface area contributed by atoms with Gasteiger partial charge in [0.05, 0.1) is 5.52 Å². The quantitative estimate of drug-likeness (QED) is 0.517. The Morgan fingerprint density at radius 1 is 0.966 bits per heavy atom. The van der Waals surface area contributed by atoms with Crippen LogP contribution in [0.15, 0.2) is 42.5 Å². The first kappa shape index (κ1) is 22.9. The van der Waals surface area contributed by atoms with Crippen molar-refractivity contribution in [2.24, 2.45) is 0 Å². The number of benzene rings is 2. The highest BCUT2D eigenvalue weighted by molar-refractivity contribution is 6.31. The van der Waals surface area contributed by atoms with Crippen molar-refractivity contribution in [3.05, 3.63) is 58.1 Å². The molecule has 1 aromatic heterocycles. The molecule has 0 aliphatic heterocycles. The van der Waals surface area contributed by atoms with Crippen LogP contribution in [-0.2, 0) is 0 Å². The van der Waals surface area contributed by atoms with Gasteiger partial charge in [-0.05, 0) is 50.0 Å². The maximum atomic E-state index is 11.5. The molecule has 2 aromatic carbocycles. The Kier molecular flexibility index (Phi) is 8.26. The average molecular weight is 435 g/mol. The number of hydrogen-bond acceptors (Lipinski definition) is 4. The predicted molar refractivity (Wildman–Crippen MR) is 119 cm³/mol. The van der Waals surface area contributed by atoms with Crippen molar-refractivity contribution >= 4 is 40.1 Å². The maximum Gasteiger partial charge on any atom is 0.340 e. The first-order valence-corrected chi connectivity index (χ1v) is 10.1. The zero-order valence-corrected chi connectivity index (χ0v) is 18.1. The molecular formula is C22H24Cl2N2O3. The summed E-state index contributed by atoms with van der Waals surface area (Å²) in [5.74, 6) is -1.65. The summed E-state index contributed by atoms with van der Waals surface area (Å²) in [4.78, 5) is 18.3. The van der Waals surface area contributed by atoms with Gasteiger partial charge in [0.25, 0.3) is 0 Å². The van der Waals surface area contributed by atoms with E-state index in [1.165, 1.54) is 25.7 Å². The lowest BCUT2D eigenvalue weighted by Crippen LogP contribution is -2.21. The molecule has 2 N–H and O–H groups in total. The van der Waals surface area contributed by atoms with Crippen LogP contribution in [0.5, 0.6) is 5.75 Å². The van der Waals surface area contributed by atoms with Crippen LogP contribution < -0.4 is 0 Å². The summed E-state index contributed by atoms with van der Waals surface area (Å²) in [5, 5.41) is 21.0. The maximum absolute atomic E-state index is 11.5. The van der Waals surface area contributed by atoms with Crippen LogP contribution in [0.2, 0.25) is 10.0 Å². The van der Waals surface area contributed by atoms with Crippen LogP contribution in [0.25, 0.3) is 22.2 Å². The van der Waals surface area contributed by atoms with Gasteiger partial charge in [0.1, 0.15) is 11.3 Å². The fraction of sp³-hybridized carbons (Fsp3) is 0.273. The molecule has 154 valence electrons. The fourth-order valence-corrected chi connectivity index (χ4v) is 3.22. The van der Waals surface area contributed by atoms with Gasteiger partial charge >= 0.3 is 5.97 Å². The number of carbonyl (C=O) groups is 1. The molecular weight excluding hydrogens is 411 g/mol. The molecule has 0 saturated heterocycles. The smallest absolute Gasteiger partial charge is 0.340 e. The summed E-state index contributed by atoms with van der Waals surface area (Å²) in [6, 6.07) is 11.3. The Balaban J connectivity index is 0.000000370. The third-order valence-electron chi connectivity index (χ3n) is 4.59. The van der Waals surface area contributed by atoms with Crippen molar-refractivity contribution in [2.75, 3.05) is 19.6 Å². The van der Waals surface area contributed by atoms with Crippen molar-refractivity contribution in [1.82, 2.24) is 9.88 Å². The molecule has 0 saturated carbocycles. The van der Waals surface area contributed by atoms with E-state index in [9.17, 15) is 15.0 Å². The molecule has 0 unspecified atom stereocenters. The molecule has 1 heterocycles. The monoisotopic (exact) mass is 434 g/mol. The van der Waals surface area contributed by atoms with Gasteiger partial charge in [-0.2, -0.15) is 0 Å². The second-order valence-electron chi connectivity index (χ2n) is 6.28. The van der Waals surface area contributed by atoms with Crippen LogP contribution in [0, 0.1) is 0 Å². The van der Waals surface area contributed by atoms with Crippen molar-refractivity contribution in [3.8, 4) is 17.0 Å². The van der Waals surface area contributed by atoms with E-state index in [1.807, 2.05) is 0 Å². The van der Waals surface area contributed by atoms with E-state index in [0.717, 1.165) is 0 Å². The van der Waals surface area contributed by atoms with Gasteiger partial charge in [0.2, 0.25) is 0 Å². The number of nitrogens with zero attached hydrogens (tertiary/aromatic N) is 2. The molecule has 0 fully saturated rings. The summed E-state index contributed by atoms with van der Waals surface area (Å²) in [6.07, 6.45) is 0. The first-order valence-electron chi connectivity index (χ1n) is 9.36. The van der Waals surface area contributed by atoms with Gasteiger partial charge in [-0.1, -0.05) is 56.1 Å². The second kappa shape index (κ2) is 10.4. The van der Waals surface area contributed by atoms with Gasteiger partial charge in [-0.3, -0.25) is 0 Å². The molecule has 3 aromatic rings. The minimum absolute atomic E-state index is 0.184. The molecule has 0 atom stereocenters. The number of pyridine rings is 1. The standard InChI is InChI=1S/C16H9Cl2NO3.C6H15N/c17-9-3-1-8(2-4-9)14-15(20)13(16(21)22)11-7-10(18)5-6-12(11)19-14;1-4-7(5-2)6-3/h1-7,20H,(H,21,22);4-6H2,1-3H3. The third kappa shape index (κ3) is 5.60. The second-order valence-corrected chi connectivity index (χ2v) is 7.15. The predicted octanol–water partition coefficient (Wildman–Crippen LogP) is 5.96. The molecule has 0 spiro atoms. The van der Waals surface area contributed by atoms with Crippen LogP contribution in [0.3, 0.4) is 0 Å². The molecule has 0 radical (unpaired) electrons. The summed E-state index contributed by atoms with van der Waals surface area (Å²) in [7, 11) is 0. The number of carboxylic acids is 1. The van der Waals surface area contributed by atoms with Gasteiger partial charge < -0.3 is 15.1 Å². The third-order valence-corrected chi connectivity index (χ3v) is 5.08. The normalized spacial score (nSPS) is 10.7. The lowest BCUT2D eigenvalue weighted by Gasteiger charge is -2.13. The Morgan fingerprint density at radius 3 is 2.00 bits per heavy atom. The van der Waals surface area contributed by atoms with Gasteiger partial charge in [0.15, 0.2) is 5.75 Å². The SMILES string of the molecule is CCN(CC)CC.O=C(O)c1c(O)c(-c2ccc(Cl)cc2)nc2ccc(Cl)cc12. The topological polar surface area (TPSA) is 73.7 Å². The van der Waals surface area contributed by atoms with E-state index in [-0.39, 0.29) is 16.6 Å². The van der Waals surface area contributed by atoms with Gasteiger partial charge in [0, 0.05) is 21.0 Å². The van der Waals surface area contributed by atoms with E-state index in [1.54, 1.807) is 36.4 Å². The van der Waals surface area contributed by atoms with Crippen LogP contribution >= 0.6 is 23.2 Å². The summed E-state index contributed by atoms with van der Waals surface area (Å²) < 4.78 is 0. The highest BCUT2D eigenvalue weighted by atomic mass is 35.5. The average Bonchev–Trinajstić information content (AvgIpc) is 2.70. The summed E-state index contributed by atoms with van der Waals surface area (Å²) >= 11 is 11.7. The zero-order chi connectivity index (χ0) is 21.6. The number of hydrogen-bond donors (Lipinski definition) is 2. The highest BCUT2D eigenvalue weighted by Crippen LogP contribution is 2.36. The zero-order valence-electron chi connectivity index (χ0n) is 16.6. The fourth-order valence-electron chi connectivity index (χ4n) is 2.92. The van der Waals surface area contributed by atoms with E-state index in [2.05, 4.69) is 30.7 Å². The van der Waals surface area contributed by atoms with Crippen molar-refractivity contribution in [1.29, 1.82) is 0 Å². The lowest BCUT2D eigenvalue weighted by molar-refractivity contribution is 0.0696. The number of rotatable bonds is 5. The Morgan fingerprint density at radius 2 is 1.52 bits per heavy atom. The van der Waals surface area contributed by atoms with Crippen LogP contribution in [0.4, 0.5) is 0 Å². The Bertz CT molecular complexity index is 982. The minimum Gasteiger partial charge on any atom is -0.505 e. The Hall–Kier alpha value is -2.34. The van der Waals surface area contributed by atoms with E-state index in [0.29, 0.717) is 21.1 Å². The van der Waals surface area contributed by atoms with Gasteiger partial charge in [-0.25, -0.2) is 9.78 Å². The van der Waals surface area contributed by atoms with Crippen molar-refractivity contribution in [2.45, 2.75) is 20.8 Å². The van der Waals surface area contributed by atoms with E-state index in [4.69, 9.17) is 23.2 Å². The lowest BCUT2D eigenvalue weighted by atomic mass is 10.0. The van der Waals surface area contributed by atoms with Crippen molar-refractivity contribution < 1.29 is 15.0 Å². The molecule has 3 rings (SSSR count). The highest BCUT2D eigenvalue weighted by Gasteiger charge is 2.21. The molecule has 0 bridgehead atoms. The number of aromatic nitrogens is 1. The summed E-state index contributed by atoms with van der Waals surface area (Å²) in [6.45, 7) is 10.1. The molecule has 0 aliphatic carbocycles. The molecule has 7 heteroatoms. The number of aromatic hydroxyl groups is 1. The first-order chi connectivity index (χ1) is 13.8. The minimum atomic E-state index is -1.25. The van der Waals surface area contributed by atoms with Gasteiger partial charge in [-0.15, -0.1) is 0 Å². The number of fused-ring (bicyclic) bond motifs is 1. The molecule has 5 nitrogen and oxygen atoms in total. The molecule has 29 heavy (non-hydrogen) atoms. The van der Waals surface area contributed by atoms with E-state index < -0.39 is 11.7 Å². The molecule has 0 aliphatic rings. The molecule has 0 amide bonds. The number of carboxylic acid groups (broad SMARTS) is 1. The summed E-state index contributed by atoms with van der Waals surface area (Å²) in [5.41, 5.74) is 0.965. The van der Waals surface area contributed by atoms with Crippen molar-refractivity contribution in [3.63, 3.8) is 0 Å². The van der Waals surface area contributed by atoms with E-state index >= 15 is 0 Å². The van der Waals surface area contributed by atoms with Crippen LogP contribution in [0.1, 0.15) is 31.1 Å². The number of aromatic carboxylic acids is 1. The van der Waals surface area contributed by atoms with Crippen LogP contribution in [-0.4, -0.2) is 45.7 Å². The number of halogens is 2. The Labute approximate surface area is 180 Å².